The molecule has 27 heavy (non-hydrogen) atoms. The largest absolute Gasteiger partial charge is 0.345 e. The van der Waals surface area contributed by atoms with E-state index in [9.17, 15) is 9.59 Å². The highest BCUT2D eigenvalue weighted by molar-refractivity contribution is 5.97. The van der Waals surface area contributed by atoms with Crippen LogP contribution in [0.5, 0.6) is 0 Å². The van der Waals surface area contributed by atoms with Gasteiger partial charge in [-0.3, -0.25) is 14.5 Å². The van der Waals surface area contributed by atoms with Gasteiger partial charge in [-0.25, -0.2) is 0 Å². The van der Waals surface area contributed by atoms with E-state index in [0.29, 0.717) is 17.8 Å². The number of amides is 2. The molecule has 6 nitrogen and oxygen atoms in total. The Morgan fingerprint density at radius 3 is 2.56 bits per heavy atom. The topological polar surface area (TPSA) is 78.7 Å². The lowest BCUT2D eigenvalue weighted by Crippen LogP contribution is -2.33. The SMILES string of the molecule is CN(C)C(=O)c1cccc(NC(=O)CN2C[C@@H](N)[C@H](c3ccccc3)C2)c1. The number of nitrogens with two attached hydrogens (primary N) is 1. The molecule has 2 aromatic rings. The van der Waals surface area contributed by atoms with Crippen molar-refractivity contribution in [2.45, 2.75) is 12.0 Å². The van der Waals surface area contributed by atoms with E-state index in [1.807, 2.05) is 18.2 Å². The molecule has 1 saturated heterocycles. The second-order valence-electron chi connectivity index (χ2n) is 7.20. The van der Waals surface area contributed by atoms with Crippen molar-refractivity contribution in [3.63, 3.8) is 0 Å². The normalized spacial score (nSPS) is 19.7. The first-order valence-corrected chi connectivity index (χ1v) is 9.08. The number of nitrogens with one attached hydrogen (secondary N) is 1. The zero-order chi connectivity index (χ0) is 19.4. The molecule has 1 fully saturated rings. The van der Waals surface area contributed by atoms with E-state index >= 15 is 0 Å². The monoisotopic (exact) mass is 366 g/mol. The third-order valence-electron chi connectivity index (χ3n) is 4.84. The average Bonchev–Trinajstić information content (AvgIpc) is 3.01. The molecule has 142 valence electrons. The second-order valence-corrected chi connectivity index (χ2v) is 7.20. The predicted molar refractivity (Wildman–Crippen MR) is 107 cm³/mol. The maximum Gasteiger partial charge on any atom is 0.253 e. The quantitative estimate of drug-likeness (QED) is 0.845. The van der Waals surface area contributed by atoms with Crippen LogP contribution >= 0.6 is 0 Å². The highest BCUT2D eigenvalue weighted by Crippen LogP contribution is 2.26. The first-order chi connectivity index (χ1) is 12.9. The standard InChI is InChI=1S/C21H26N4O2/c1-24(2)21(27)16-9-6-10-17(11-16)23-20(26)14-25-12-18(19(22)13-25)15-7-4-3-5-8-15/h3-11,18-19H,12-14,22H2,1-2H3,(H,23,26)/t18-,19+/m0/s1. The first-order valence-electron chi connectivity index (χ1n) is 9.08. The van der Waals surface area contributed by atoms with Crippen molar-refractivity contribution in [3.8, 4) is 0 Å². The fourth-order valence-electron chi connectivity index (χ4n) is 3.49. The van der Waals surface area contributed by atoms with Crippen LogP contribution in [0.3, 0.4) is 0 Å². The molecule has 2 amide bonds. The number of likely N-dealkylation sites (tertiary alicyclic amines) is 1. The summed E-state index contributed by atoms with van der Waals surface area (Å²) in [5, 5.41) is 2.88. The van der Waals surface area contributed by atoms with Crippen LogP contribution in [0.1, 0.15) is 21.8 Å². The highest BCUT2D eigenvalue weighted by atomic mass is 16.2. The molecular formula is C21H26N4O2. The third kappa shape index (κ3) is 4.72. The van der Waals surface area contributed by atoms with Crippen LogP contribution in [0.4, 0.5) is 5.69 Å². The lowest BCUT2D eigenvalue weighted by molar-refractivity contribution is -0.117. The molecule has 0 aromatic heterocycles. The van der Waals surface area contributed by atoms with Crippen LogP contribution in [-0.2, 0) is 4.79 Å². The fraction of sp³-hybridized carbons (Fsp3) is 0.333. The van der Waals surface area contributed by atoms with Gasteiger partial charge in [0.25, 0.3) is 5.91 Å². The van der Waals surface area contributed by atoms with Crippen molar-refractivity contribution in [1.82, 2.24) is 9.80 Å². The number of nitrogens with zero attached hydrogens (tertiary/aromatic N) is 2. The molecule has 0 saturated carbocycles. The second kappa shape index (κ2) is 8.33. The molecule has 0 spiro atoms. The van der Waals surface area contributed by atoms with Gasteiger partial charge in [0.1, 0.15) is 0 Å². The van der Waals surface area contributed by atoms with E-state index in [1.165, 1.54) is 10.5 Å². The molecule has 1 aliphatic rings. The summed E-state index contributed by atoms with van der Waals surface area (Å²) in [7, 11) is 3.40. The Morgan fingerprint density at radius 1 is 1.11 bits per heavy atom. The summed E-state index contributed by atoms with van der Waals surface area (Å²) in [4.78, 5) is 28.1. The Bertz CT molecular complexity index is 807. The van der Waals surface area contributed by atoms with Crippen LogP contribution in [0.25, 0.3) is 0 Å². The van der Waals surface area contributed by atoms with Gasteiger partial charge < -0.3 is 16.0 Å². The Kier molecular flexibility index (Phi) is 5.88. The van der Waals surface area contributed by atoms with Gasteiger partial charge in [-0.15, -0.1) is 0 Å². The van der Waals surface area contributed by atoms with Gasteiger partial charge in [0, 0.05) is 50.4 Å². The third-order valence-corrected chi connectivity index (χ3v) is 4.84. The van der Waals surface area contributed by atoms with Crippen molar-refractivity contribution in [2.75, 3.05) is 39.0 Å². The Morgan fingerprint density at radius 2 is 1.85 bits per heavy atom. The van der Waals surface area contributed by atoms with E-state index in [2.05, 4.69) is 22.3 Å². The highest BCUT2D eigenvalue weighted by Gasteiger charge is 2.31. The summed E-state index contributed by atoms with van der Waals surface area (Å²) in [6.45, 7) is 1.73. The van der Waals surface area contributed by atoms with Crippen molar-refractivity contribution in [3.05, 3.63) is 65.7 Å². The molecule has 1 heterocycles. The Balaban J connectivity index is 1.59. The molecule has 6 heteroatoms. The van der Waals surface area contributed by atoms with Gasteiger partial charge in [-0.05, 0) is 23.8 Å². The van der Waals surface area contributed by atoms with Gasteiger partial charge in [0.15, 0.2) is 0 Å². The maximum atomic E-state index is 12.4. The zero-order valence-electron chi connectivity index (χ0n) is 15.8. The van der Waals surface area contributed by atoms with Gasteiger partial charge >= 0.3 is 0 Å². The van der Waals surface area contributed by atoms with Crippen LogP contribution in [-0.4, -0.2) is 61.4 Å². The number of hydrogen-bond acceptors (Lipinski definition) is 4. The first kappa shape index (κ1) is 19.1. The van der Waals surface area contributed by atoms with E-state index in [-0.39, 0.29) is 30.3 Å². The van der Waals surface area contributed by atoms with E-state index in [4.69, 9.17) is 5.73 Å². The summed E-state index contributed by atoms with van der Waals surface area (Å²) < 4.78 is 0. The molecular weight excluding hydrogens is 340 g/mol. The number of anilines is 1. The number of benzene rings is 2. The Labute approximate surface area is 159 Å². The molecule has 0 bridgehead atoms. The zero-order valence-corrected chi connectivity index (χ0v) is 15.8. The predicted octanol–water partition coefficient (Wildman–Crippen LogP) is 1.75. The number of hydrogen-bond donors (Lipinski definition) is 2. The van der Waals surface area contributed by atoms with Crippen molar-refractivity contribution < 1.29 is 9.59 Å². The number of rotatable bonds is 5. The van der Waals surface area contributed by atoms with Crippen LogP contribution in [0, 0.1) is 0 Å². The van der Waals surface area contributed by atoms with E-state index < -0.39 is 0 Å². The number of carbonyl (C=O) groups excluding carboxylic acids is 2. The van der Waals surface area contributed by atoms with Crippen molar-refractivity contribution >= 4 is 17.5 Å². The van der Waals surface area contributed by atoms with Gasteiger partial charge in [0.05, 0.1) is 6.54 Å². The summed E-state index contributed by atoms with van der Waals surface area (Å²) in [6, 6.07) is 17.2. The maximum absolute atomic E-state index is 12.4. The van der Waals surface area contributed by atoms with Crippen LogP contribution < -0.4 is 11.1 Å². The molecule has 1 aliphatic heterocycles. The molecule has 3 N–H and O–H groups in total. The lowest BCUT2D eigenvalue weighted by Gasteiger charge is -2.16. The van der Waals surface area contributed by atoms with E-state index in [1.54, 1.807) is 38.4 Å². The molecule has 2 atom stereocenters. The molecule has 0 radical (unpaired) electrons. The minimum atomic E-state index is -0.106. The summed E-state index contributed by atoms with van der Waals surface area (Å²) in [6.07, 6.45) is 0. The smallest absolute Gasteiger partial charge is 0.253 e. The summed E-state index contributed by atoms with van der Waals surface area (Å²) in [5.41, 5.74) is 8.67. The van der Waals surface area contributed by atoms with E-state index in [0.717, 1.165) is 6.54 Å². The average molecular weight is 366 g/mol. The molecule has 2 aromatic carbocycles. The van der Waals surface area contributed by atoms with Crippen LogP contribution in [0.15, 0.2) is 54.6 Å². The minimum absolute atomic E-state index is 0.0150. The molecule has 0 unspecified atom stereocenters. The van der Waals surface area contributed by atoms with Crippen molar-refractivity contribution in [1.29, 1.82) is 0 Å². The van der Waals surface area contributed by atoms with Gasteiger partial charge in [-0.2, -0.15) is 0 Å². The van der Waals surface area contributed by atoms with Crippen LogP contribution in [0.2, 0.25) is 0 Å². The van der Waals surface area contributed by atoms with Gasteiger partial charge in [-0.1, -0.05) is 36.4 Å². The Hall–Kier alpha value is -2.70. The number of carbonyl (C=O) groups is 2. The van der Waals surface area contributed by atoms with Gasteiger partial charge in [0.2, 0.25) is 5.91 Å². The molecule has 3 rings (SSSR count). The van der Waals surface area contributed by atoms with Crippen molar-refractivity contribution in [2.24, 2.45) is 5.73 Å². The minimum Gasteiger partial charge on any atom is -0.345 e. The summed E-state index contributed by atoms with van der Waals surface area (Å²) >= 11 is 0. The lowest BCUT2D eigenvalue weighted by atomic mass is 9.95. The summed E-state index contributed by atoms with van der Waals surface area (Å²) in [5.74, 6) is 0.0349. The molecule has 0 aliphatic carbocycles. The fourth-order valence-corrected chi connectivity index (χ4v) is 3.49.